The highest BCUT2D eigenvalue weighted by Gasteiger charge is 2.55. The number of rotatable bonds is 2. The van der Waals surface area contributed by atoms with E-state index in [-0.39, 0.29) is 18.3 Å². The van der Waals surface area contributed by atoms with E-state index in [1.807, 2.05) is 30.6 Å². The zero-order valence-corrected chi connectivity index (χ0v) is 17.7. The standard InChI is InChI=1S/C19H25N5O3Si/c1-19(2)26-14-12(8-6-7-9-28(3,4)5)25-18(15(14)27-19)24-11-23-13-16(20)21-10-22-17(13)24/h6,8,10-12,14-15,18H,1-5H3,(H2,20,21,22)/b8-6+/t12-,14-,15-,18-/m1/s1. The third-order valence-electron chi connectivity index (χ3n) is 4.54. The van der Waals surface area contributed by atoms with Crippen LogP contribution in [0.5, 0.6) is 0 Å². The van der Waals surface area contributed by atoms with E-state index in [0.29, 0.717) is 17.0 Å². The normalized spacial score (nSPS) is 29.2. The highest BCUT2D eigenvalue weighted by atomic mass is 28.3. The fourth-order valence-corrected chi connectivity index (χ4v) is 3.96. The topological polar surface area (TPSA) is 97.3 Å². The largest absolute Gasteiger partial charge is 0.382 e. The second kappa shape index (κ2) is 6.67. The fourth-order valence-electron chi connectivity index (χ4n) is 3.44. The molecular formula is C19H25N5O3Si. The molecule has 148 valence electrons. The highest BCUT2D eigenvalue weighted by molar-refractivity contribution is 6.83. The second-order valence-electron chi connectivity index (χ2n) is 8.52. The van der Waals surface area contributed by atoms with Crippen LogP contribution in [0, 0.1) is 11.5 Å². The summed E-state index contributed by atoms with van der Waals surface area (Å²) in [4.78, 5) is 12.7. The Morgan fingerprint density at radius 3 is 2.68 bits per heavy atom. The van der Waals surface area contributed by atoms with Crippen LogP contribution in [-0.2, 0) is 14.2 Å². The van der Waals surface area contributed by atoms with Gasteiger partial charge in [0.2, 0.25) is 0 Å². The average Bonchev–Trinajstić information content (AvgIpc) is 3.23. The summed E-state index contributed by atoms with van der Waals surface area (Å²) >= 11 is 0. The molecule has 2 aliphatic heterocycles. The lowest BCUT2D eigenvalue weighted by molar-refractivity contribution is -0.191. The van der Waals surface area contributed by atoms with Crippen molar-refractivity contribution < 1.29 is 14.2 Å². The van der Waals surface area contributed by atoms with Crippen LogP contribution < -0.4 is 5.73 Å². The Hall–Kier alpha value is -2.25. The predicted molar refractivity (Wildman–Crippen MR) is 108 cm³/mol. The summed E-state index contributed by atoms with van der Waals surface area (Å²) in [6.07, 6.45) is 5.59. The molecule has 2 aromatic heterocycles. The second-order valence-corrected chi connectivity index (χ2v) is 13.3. The number of anilines is 1. The van der Waals surface area contributed by atoms with Crippen LogP contribution >= 0.6 is 0 Å². The Morgan fingerprint density at radius 2 is 1.93 bits per heavy atom. The average molecular weight is 400 g/mol. The van der Waals surface area contributed by atoms with E-state index in [4.69, 9.17) is 19.9 Å². The third kappa shape index (κ3) is 3.56. The quantitative estimate of drug-likeness (QED) is 0.611. The Labute approximate surface area is 165 Å². The molecule has 0 spiro atoms. The van der Waals surface area contributed by atoms with E-state index in [9.17, 15) is 0 Å². The molecule has 0 unspecified atom stereocenters. The molecule has 0 saturated carbocycles. The monoisotopic (exact) mass is 399 g/mol. The zero-order valence-electron chi connectivity index (χ0n) is 16.7. The van der Waals surface area contributed by atoms with Gasteiger partial charge in [-0.3, -0.25) is 4.57 Å². The molecule has 0 radical (unpaired) electrons. The van der Waals surface area contributed by atoms with E-state index >= 15 is 0 Å². The van der Waals surface area contributed by atoms with E-state index in [0.717, 1.165) is 0 Å². The molecule has 4 heterocycles. The van der Waals surface area contributed by atoms with Gasteiger partial charge in [0.05, 0.1) is 6.33 Å². The zero-order chi connectivity index (χ0) is 20.1. The van der Waals surface area contributed by atoms with Crippen molar-refractivity contribution in [1.82, 2.24) is 19.5 Å². The van der Waals surface area contributed by atoms with Crippen molar-refractivity contribution in [3.8, 4) is 11.5 Å². The van der Waals surface area contributed by atoms with Gasteiger partial charge in [0.25, 0.3) is 0 Å². The van der Waals surface area contributed by atoms with Crippen LogP contribution in [0.3, 0.4) is 0 Å². The summed E-state index contributed by atoms with van der Waals surface area (Å²) in [5, 5.41) is 0. The van der Waals surface area contributed by atoms with Crippen LogP contribution in [0.15, 0.2) is 24.8 Å². The number of hydrogen-bond donors (Lipinski definition) is 1. The smallest absolute Gasteiger partial charge is 0.167 e. The maximum atomic E-state index is 6.27. The summed E-state index contributed by atoms with van der Waals surface area (Å²) in [6, 6.07) is 0. The molecule has 2 fully saturated rings. The fraction of sp³-hybridized carbons (Fsp3) is 0.526. The van der Waals surface area contributed by atoms with Crippen molar-refractivity contribution in [3.63, 3.8) is 0 Å². The molecule has 2 aromatic rings. The Morgan fingerprint density at radius 1 is 1.18 bits per heavy atom. The molecule has 0 aliphatic carbocycles. The van der Waals surface area contributed by atoms with Crippen molar-refractivity contribution in [1.29, 1.82) is 0 Å². The number of ether oxygens (including phenoxy) is 3. The lowest BCUT2D eigenvalue weighted by Gasteiger charge is -2.23. The predicted octanol–water partition coefficient (Wildman–Crippen LogP) is 2.26. The first kappa shape index (κ1) is 19.1. The first-order chi connectivity index (χ1) is 13.1. The number of nitrogens with two attached hydrogens (primary N) is 1. The molecular weight excluding hydrogens is 374 g/mol. The van der Waals surface area contributed by atoms with Gasteiger partial charge < -0.3 is 19.9 Å². The molecule has 2 saturated heterocycles. The third-order valence-corrected chi connectivity index (χ3v) is 5.44. The molecule has 9 heteroatoms. The molecule has 28 heavy (non-hydrogen) atoms. The van der Waals surface area contributed by atoms with Gasteiger partial charge in [-0.15, -0.1) is 5.54 Å². The summed E-state index contributed by atoms with van der Waals surface area (Å²) in [7, 11) is -1.42. The van der Waals surface area contributed by atoms with Crippen molar-refractivity contribution in [3.05, 3.63) is 24.8 Å². The molecule has 0 bridgehead atoms. The molecule has 2 N–H and O–H groups in total. The lowest BCUT2D eigenvalue weighted by atomic mass is 10.1. The van der Waals surface area contributed by atoms with E-state index in [1.54, 1.807) is 6.33 Å². The van der Waals surface area contributed by atoms with E-state index in [1.165, 1.54) is 6.33 Å². The number of aromatic nitrogens is 4. The number of nitrogen functional groups attached to an aromatic ring is 1. The maximum absolute atomic E-state index is 6.27. The van der Waals surface area contributed by atoms with Crippen LogP contribution in [0.2, 0.25) is 19.6 Å². The minimum atomic E-state index is -1.42. The van der Waals surface area contributed by atoms with Gasteiger partial charge in [0.15, 0.2) is 23.5 Å². The first-order valence-electron chi connectivity index (χ1n) is 9.28. The molecule has 8 nitrogen and oxygen atoms in total. The summed E-state index contributed by atoms with van der Waals surface area (Å²) in [5.74, 6) is 2.78. The Kier molecular flexibility index (Phi) is 4.54. The lowest BCUT2D eigenvalue weighted by Crippen LogP contribution is -2.28. The van der Waals surface area contributed by atoms with Gasteiger partial charge in [0, 0.05) is 0 Å². The molecule has 2 aliphatic rings. The minimum absolute atomic E-state index is 0.249. The SMILES string of the molecule is CC1(C)O[C@@H]2[C@H](O1)[C@@H](/C=C/C#C[Si](C)(C)C)O[C@H]2n1cnc2c(N)ncnc21. The van der Waals surface area contributed by atoms with Crippen LogP contribution in [0.25, 0.3) is 11.2 Å². The number of nitrogens with zero attached hydrogens (tertiary/aromatic N) is 4. The molecule has 0 amide bonds. The van der Waals surface area contributed by atoms with Gasteiger partial charge in [-0.25, -0.2) is 15.0 Å². The molecule has 4 atom stereocenters. The first-order valence-corrected chi connectivity index (χ1v) is 12.8. The van der Waals surface area contributed by atoms with E-state index < -0.39 is 20.1 Å². The van der Waals surface area contributed by atoms with Gasteiger partial charge in [-0.2, -0.15) is 0 Å². The van der Waals surface area contributed by atoms with Crippen LogP contribution in [0.4, 0.5) is 5.82 Å². The van der Waals surface area contributed by atoms with Gasteiger partial charge in [-0.1, -0.05) is 25.6 Å². The minimum Gasteiger partial charge on any atom is -0.382 e. The van der Waals surface area contributed by atoms with Gasteiger partial charge >= 0.3 is 0 Å². The highest BCUT2D eigenvalue weighted by Crippen LogP contribution is 2.44. The summed E-state index contributed by atoms with van der Waals surface area (Å²) in [5.41, 5.74) is 10.4. The van der Waals surface area contributed by atoms with Gasteiger partial charge in [-0.05, 0) is 26.0 Å². The van der Waals surface area contributed by atoms with E-state index in [2.05, 4.69) is 46.1 Å². The number of hydrogen-bond acceptors (Lipinski definition) is 7. The number of allylic oxidation sites excluding steroid dienone is 1. The summed E-state index contributed by atoms with van der Waals surface area (Å²) in [6.45, 7) is 10.4. The van der Waals surface area contributed by atoms with Crippen LogP contribution in [0.1, 0.15) is 20.1 Å². The Bertz CT molecular complexity index is 985. The maximum Gasteiger partial charge on any atom is 0.167 e. The number of fused-ring (bicyclic) bond motifs is 2. The van der Waals surface area contributed by atoms with Gasteiger partial charge in [0.1, 0.15) is 38.2 Å². The van der Waals surface area contributed by atoms with Crippen molar-refractivity contribution >= 4 is 25.1 Å². The molecule has 4 rings (SSSR count). The Balaban J connectivity index is 1.66. The molecule has 0 aromatic carbocycles. The van der Waals surface area contributed by atoms with Crippen LogP contribution in [-0.4, -0.2) is 51.7 Å². The van der Waals surface area contributed by atoms with Crippen molar-refractivity contribution in [2.24, 2.45) is 0 Å². The van der Waals surface area contributed by atoms with Crippen molar-refractivity contribution in [2.45, 2.75) is 63.8 Å². The summed E-state index contributed by atoms with van der Waals surface area (Å²) < 4.78 is 20.4. The van der Waals surface area contributed by atoms with Crippen molar-refractivity contribution in [2.75, 3.05) is 5.73 Å². The number of imidazole rings is 1.